The van der Waals surface area contributed by atoms with E-state index in [0.29, 0.717) is 5.15 Å². The quantitative estimate of drug-likeness (QED) is 0.661. The lowest BCUT2D eigenvalue weighted by atomic mass is 10.1. The molecular weight excluding hydrogens is 260 g/mol. The van der Waals surface area contributed by atoms with Crippen molar-refractivity contribution in [1.29, 1.82) is 0 Å². The molecule has 0 radical (unpaired) electrons. The Morgan fingerprint density at radius 3 is 2.79 bits per heavy atom. The Morgan fingerprint density at radius 2 is 2.05 bits per heavy atom. The number of pyridine rings is 2. The van der Waals surface area contributed by atoms with Crippen LogP contribution in [-0.4, -0.2) is 17.1 Å². The van der Waals surface area contributed by atoms with E-state index in [1.54, 1.807) is 19.5 Å². The Labute approximate surface area is 115 Å². The second-order valence-corrected chi connectivity index (χ2v) is 4.49. The number of halogens is 1. The lowest BCUT2D eigenvalue weighted by Gasteiger charge is -2.07. The summed E-state index contributed by atoms with van der Waals surface area (Å²) < 4.78 is 5.23. The van der Waals surface area contributed by atoms with Crippen molar-refractivity contribution in [3.05, 3.63) is 53.9 Å². The van der Waals surface area contributed by atoms with Crippen LogP contribution in [0.25, 0.3) is 22.0 Å². The summed E-state index contributed by atoms with van der Waals surface area (Å²) in [6.45, 7) is 0. The molecule has 0 spiro atoms. The van der Waals surface area contributed by atoms with Gasteiger partial charge >= 0.3 is 0 Å². The van der Waals surface area contributed by atoms with Gasteiger partial charge in [-0.2, -0.15) is 0 Å². The molecule has 0 aliphatic carbocycles. The minimum Gasteiger partial charge on any atom is -0.497 e. The van der Waals surface area contributed by atoms with Crippen molar-refractivity contribution >= 4 is 22.4 Å². The molecule has 19 heavy (non-hydrogen) atoms. The molecule has 2 heterocycles. The summed E-state index contributed by atoms with van der Waals surface area (Å²) in [4.78, 5) is 8.51. The van der Waals surface area contributed by atoms with Gasteiger partial charge < -0.3 is 4.74 Å². The van der Waals surface area contributed by atoms with Gasteiger partial charge in [0.15, 0.2) is 0 Å². The molecular formula is C15H11ClN2O. The normalized spacial score (nSPS) is 10.6. The highest BCUT2D eigenvalue weighted by atomic mass is 35.5. The van der Waals surface area contributed by atoms with Crippen LogP contribution in [0.5, 0.6) is 5.75 Å². The van der Waals surface area contributed by atoms with E-state index in [1.165, 1.54) is 0 Å². The van der Waals surface area contributed by atoms with E-state index in [-0.39, 0.29) is 0 Å². The largest absolute Gasteiger partial charge is 0.497 e. The van der Waals surface area contributed by atoms with Gasteiger partial charge in [-0.25, -0.2) is 4.98 Å². The Balaban J connectivity index is 2.23. The molecule has 3 nitrogen and oxygen atoms in total. The van der Waals surface area contributed by atoms with Crippen molar-refractivity contribution in [2.24, 2.45) is 0 Å². The molecule has 0 N–H and O–H groups in total. The Morgan fingerprint density at radius 1 is 1.16 bits per heavy atom. The van der Waals surface area contributed by atoms with E-state index in [2.05, 4.69) is 9.97 Å². The zero-order valence-corrected chi connectivity index (χ0v) is 11.1. The Hall–Kier alpha value is -2.13. The number of fused-ring (bicyclic) bond motifs is 1. The molecule has 2 aromatic heterocycles. The molecule has 0 unspecified atom stereocenters. The highest BCUT2D eigenvalue weighted by Gasteiger charge is 2.07. The van der Waals surface area contributed by atoms with Crippen molar-refractivity contribution in [2.45, 2.75) is 0 Å². The second-order valence-electron chi connectivity index (χ2n) is 4.13. The predicted molar refractivity (Wildman–Crippen MR) is 76.5 cm³/mol. The van der Waals surface area contributed by atoms with E-state index < -0.39 is 0 Å². The van der Waals surface area contributed by atoms with E-state index in [9.17, 15) is 0 Å². The summed E-state index contributed by atoms with van der Waals surface area (Å²) in [5.41, 5.74) is 1.74. The summed E-state index contributed by atoms with van der Waals surface area (Å²) >= 11 is 6.24. The number of benzene rings is 1. The molecule has 3 rings (SSSR count). The van der Waals surface area contributed by atoms with Gasteiger partial charge in [0.05, 0.1) is 12.8 Å². The van der Waals surface area contributed by atoms with Gasteiger partial charge in [0.25, 0.3) is 0 Å². The standard InChI is InChI=1S/C15H11ClN2O/c1-19-12-4-5-13-11(7-12)8-14(18-15(13)16)10-3-2-6-17-9-10/h2-9H,1H3. The first-order valence-electron chi connectivity index (χ1n) is 5.82. The van der Waals surface area contributed by atoms with Crippen LogP contribution in [0.2, 0.25) is 5.15 Å². The fraction of sp³-hybridized carbons (Fsp3) is 0.0667. The first kappa shape index (κ1) is 11.9. The number of rotatable bonds is 2. The maximum Gasteiger partial charge on any atom is 0.137 e. The van der Waals surface area contributed by atoms with Crippen molar-refractivity contribution in [2.75, 3.05) is 7.11 Å². The summed E-state index contributed by atoms with van der Waals surface area (Å²) in [6, 6.07) is 11.6. The molecule has 0 aliphatic heterocycles. The van der Waals surface area contributed by atoms with Crippen LogP contribution >= 0.6 is 11.6 Å². The zero-order valence-electron chi connectivity index (χ0n) is 10.3. The molecule has 0 amide bonds. The summed E-state index contributed by atoms with van der Waals surface area (Å²) in [6.07, 6.45) is 3.50. The fourth-order valence-corrected chi connectivity index (χ4v) is 2.25. The number of methoxy groups -OCH3 is 1. The van der Waals surface area contributed by atoms with Gasteiger partial charge in [-0.05, 0) is 41.8 Å². The summed E-state index contributed by atoms with van der Waals surface area (Å²) in [5, 5.41) is 2.40. The van der Waals surface area contributed by atoms with Crippen LogP contribution in [-0.2, 0) is 0 Å². The van der Waals surface area contributed by atoms with E-state index >= 15 is 0 Å². The van der Waals surface area contributed by atoms with Crippen LogP contribution in [0.3, 0.4) is 0 Å². The predicted octanol–water partition coefficient (Wildman–Crippen LogP) is 3.96. The molecule has 4 heteroatoms. The molecule has 0 fully saturated rings. The maximum absolute atomic E-state index is 6.24. The smallest absolute Gasteiger partial charge is 0.137 e. The summed E-state index contributed by atoms with van der Waals surface area (Å²) in [7, 11) is 1.64. The first-order valence-corrected chi connectivity index (χ1v) is 6.20. The van der Waals surface area contributed by atoms with Crippen LogP contribution in [0.15, 0.2) is 48.8 Å². The molecule has 0 aliphatic rings. The molecule has 0 bridgehead atoms. The minimum absolute atomic E-state index is 0.485. The van der Waals surface area contributed by atoms with E-state index in [0.717, 1.165) is 27.8 Å². The van der Waals surface area contributed by atoms with Gasteiger partial charge in [0.1, 0.15) is 10.9 Å². The monoisotopic (exact) mass is 270 g/mol. The highest BCUT2D eigenvalue weighted by molar-refractivity contribution is 6.34. The minimum atomic E-state index is 0.485. The van der Waals surface area contributed by atoms with Gasteiger partial charge in [-0.1, -0.05) is 11.6 Å². The number of hydrogen-bond acceptors (Lipinski definition) is 3. The maximum atomic E-state index is 6.24. The molecule has 94 valence electrons. The number of aromatic nitrogens is 2. The number of nitrogens with zero attached hydrogens (tertiary/aromatic N) is 2. The van der Waals surface area contributed by atoms with Crippen LogP contribution in [0.1, 0.15) is 0 Å². The SMILES string of the molecule is COc1ccc2c(Cl)nc(-c3cccnc3)cc2c1. The summed E-state index contributed by atoms with van der Waals surface area (Å²) in [5.74, 6) is 0.798. The van der Waals surface area contributed by atoms with E-state index in [4.69, 9.17) is 16.3 Å². The first-order chi connectivity index (χ1) is 9.28. The second kappa shape index (κ2) is 4.86. The van der Waals surface area contributed by atoms with Gasteiger partial charge in [-0.3, -0.25) is 4.98 Å². The third kappa shape index (κ3) is 2.25. The van der Waals surface area contributed by atoms with Gasteiger partial charge in [-0.15, -0.1) is 0 Å². The van der Waals surface area contributed by atoms with Crippen LogP contribution < -0.4 is 4.74 Å². The third-order valence-electron chi connectivity index (χ3n) is 2.95. The van der Waals surface area contributed by atoms with Gasteiger partial charge in [0.2, 0.25) is 0 Å². The van der Waals surface area contributed by atoms with E-state index in [1.807, 2.05) is 36.4 Å². The Kier molecular flexibility index (Phi) is 3.05. The number of hydrogen-bond donors (Lipinski definition) is 0. The average molecular weight is 271 g/mol. The Bertz CT molecular complexity index is 729. The topological polar surface area (TPSA) is 35.0 Å². The molecule has 1 aromatic carbocycles. The molecule has 0 atom stereocenters. The fourth-order valence-electron chi connectivity index (χ4n) is 1.98. The number of ether oxygens (including phenoxy) is 1. The molecule has 0 saturated heterocycles. The lowest BCUT2D eigenvalue weighted by molar-refractivity contribution is 0.415. The molecule has 0 saturated carbocycles. The van der Waals surface area contributed by atoms with Crippen molar-refractivity contribution in [3.63, 3.8) is 0 Å². The lowest BCUT2D eigenvalue weighted by Crippen LogP contribution is -1.88. The zero-order chi connectivity index (χ0) is 13.2. The van der Waals surface area contributed by atoms with Crippen LogP contribution in [0.4, 0.5) is 0 Å². The van der Waals surface area contributed by atoms with Crippen molar-refractivity contribution in [1.82, 2.24) is 9.97 Å². The third-order valence-corrected chi connectivity index (χ3v) is 3.24. The highest BCUT2D eigenvalue weighted by Crippen LogP contribution is 2.29. The van der Waals surface area contributed by atoms with Crippen LogP contribution in [0, 0.1) is 0 Å². The van der Waals surface area contributed by atoms with Gasteiger partial charge in [0, 0.05) is 23.3 Å². The van der Waals surface area contributed by atoms with Crippen molar-refractivity contribution in [3.8, 4) is 17.0 Å². The molecule has 3 aromatic rings. The van der Waals surface area contributed by atoms with Crippen molar-refractivity contribution < 1.29 is 4.74 Å². The average Bonchev–Trinajstić information content (AvgIpc) is 2.47.